The van der Waals surface area contributed by atoms with Crippen LogP contribution in [0.1, 0.15) is 7.43 Å². The molecule has 2 heteroatoms. The monoisotopic (exact) mass is 92.1 g/mol. The zero-order chi connectivity index (χ0) is 3.58. The van der Waals surface area contributed by atoms with Gasteiger partial charge in [-0.05, 0) is 21.1 Å². The van der Waals surface area contributed by atoms with Crippen molar-refractivity contribution in [3.63, 3.8) is 0 Å². The Kier molecular flexibility index (Phi) is 24.8. The van der Waals surface area contributed by atoms with Gasteiger partial charge < -0.3 is 11.1 Å². The van der Waals surface area contributed by atoms with E-state index in [0.29, 0.717) is 0 Å². The van der Waals surface area contributed by atoms with E-state index in [2.05, 4.69) is 0 Å². The first-order chi connectivity index (χ1) is 1.73. The Morgan fingerprint density at radius 1 is 1.00 bits per heavy atom. The van der Waals surface area contributed by atoms with Crippen LogP contribution in [0.2, 0.25) is 0 Å². The molecule has 0 bridgehead atoms. The first kappa shape index (κ1) is 16.8. The predicted octanol–water partition coefficient (Wildman–Crippen LogP) is 0.976. The van der Waals surface area contributed by atoms with Crippen LogP contribution < -0.4 is 6.15 Å². The highest BCUT2D eigenvalue weighted by Crippen LogP contribution is 1.47. The topological polar surface area (TPSA) is 38.2 Å². The molecule has 0 radical (unpaired) electrons. The van der Waals surface area contributed by atoms with Crippen LogP contribution in [0.15, 0.2) is 0 Å². The molecule has 0 saturated carbocycles. The van der Waals surface area contributed by atoms with E-state index in [1.807, 2.05) is 26.0 Å². The average Bonchev–Trinajstić information content (AvgIpc) is 0.811. The van der Waals surface area contributed by atoms with E-state index < -0.39 is 0 Å². The van der Waals surface area contributed by atoms with Crippen molar-refractivity contribution in [3.8, 4) is 0 Å². The molecule has 0 aliphatic heterocycles. The Bertz CT molecular complexity index is 10.3. The lowest BCUT2D eigenvalue weighted by atomic mass is 11.0. The largest absolute Gasteiger partial charge is 0.344 e. The SMILES string of the molecule is C.CN(C)C.N. The molecule has 0 spiro atoms. The zero-order valence-corrected chi connectivity index (χ0v) is 4.15. The molecule has 0 fully saturated rings. The summed E-state index contributed by atoms with van der Waals surface area (Å²) in [5.41, 5.74) is 0. The highest BCUT2D eigenvalue weighted by atomic mass is 15.0. The molecule has 2 nitrogen and oxygen atoms in total. The number of rotatable bonds is 0. The summed E-state index contributed by atoms with van der Waals surface area (Å²) in [6, 6.07) is 0. The summed E-state index contributed by atoms with van der Waals surface area (Å²) < 4.78 is 0. The van der Waals surface area contributed by atoms with Gasteiger partial charge in [0, 0.05) is 0 Å². The first-order valence-electron chi connectivity index (χ1n) is 1.34. The van der Waals surface area contributed by atoms with Gasteiger partial charge in [-0.25, -0.2) is 0 Å². The summed E-state index contributed by atoms with van der Waals surface area (Å²) in [5.74, 6) is 0. The van der Waals surface area contributed by atoms with Crippen LogP contribution in [0.3, 0.4) is 0 Å². The molecule has 0 aliphatic rings. The summed E-state index contributed by atoms with van der Waals surface area (Å²) in [6.07, 6.45) is 0. The molecule has 3 N–H and O–H groups in total. The minimum Gasteiger partial charge on any atom is -0.344 e. The van der Waals surface area contributed by atoms with Crippen molar-refractivity contribution in [1.29, 1.82) is 0 Å². The summed E-state index contributed by atoms with van der Waals surface area (Å²) in [6.45, 7) is 0. The minimum atomic E-state index is 0. The van der Waals surface area contributed by atoms with Crippen molar-refractivity contribution < 1.29 is 0 Å². The highest BCUT2D eigenvalue weighted by Gasteiger charge is 1.58. The van der Waals surface area contributed by atoms with E-state index in [0.717, 1.165) is 0 Å². The molecule has 0 amide bonds. The van der Waals surface area contributed by atoms with Gasteiger partial charge in [-0.3, -0.25) is 0 Å². The fourth-order valence-corrected chi connectivity index (χ4v) is 0. The molecule has 6 heavy (non-hydrogen) atoms. The van der Waals surface area contributed by atoms with Crippen LogP contribution in [-0.2, 0) is 0 Å². The fourth-order valence-electron chi connectivity index (χ4n) is 0. The Labute approximate surface area is 40.7 Å². The predicted molar refractivity (Wildman–Crippen MR) is 31.4 cm³/mol. The second kappa shape index (κ2) is 8.87. The summed E-state index contributed by atoms with van der Waals surface area (Å²) >= 11 is 0. The standard InChI is InChI=1S/C3H9N.CH4.H3N/c1-4(2)3;;/h1-3H3;1H4;1H3. The minimum absolute atomic E-state index is 0. The molecule has 0 rings (SSSR count). The molecular formula is C4H16N2. The van der Waals surface area contributed by atoms with E-state index in [1.165, 1.54) is 0 Å². The van der Waals surface area contributed by atoms with E-state index in [-0.39, 0.29) is 13.6 Å². The maximum atomic E-state index is 2.00. The highest BCUT2D eigenvalue weighted by molar-refractivity contribution is 4.09. The second-order valence-electron chi connectivity index (χ2n) is 1.34. The Morgan fingerprint density at radius 2 is 1.00 bits per heavy atom. The molecule has 0 aliphatic carbocycles. The smallest absolute Gasteiger partial charge is 0.0140 e. The van der Waals surface area contributed by atoms with E-state index in [1.54, 1.807) is 0 Å². The molecule has 0 aromatic heterocycles. The third-order valence-corrected chi connectivity index (χ3v) is 0. The Hall–Kier alpha value is -0.0800. The van der Waals surface area contributed by atoms with Gasteiger partial charge in [0.05, 0.1) is 0 Å². The molecule has 0 atom stereocenters. The van der Waals surface area contributed by atoms with Crippen LogP contribution in [-0.4, -0.2) is 26.0 Å². The molecular weight excluding hydrogens is 76.1 g/mol. The van der Waals surface area contributed by atoms with Gasteiger partial charge in [0.25, 0.3) is 0 Å². The van der Waals surface area contributed by atoms with Crippen molar-refractivity contribution in [2.45, 2.75) is 7.43 Å². The molecule has 0 unspecified atom stereocenters. The van der Waals surface area contributed by atoms with Crippen molar-refractivity contribution in [1.82, 2.24) is 11.1 Å². The molecule has 0 saturated heterocycles. The van der Waals surface area contributed by atoms with E-state index in [4.69, 9.17) is 0 Å². The van der Waals surface area contributed by atoms with Gasteiger partial charge in [-0.1, -0.05) is 7.43 Å². The average molecular weight is 92.2 g/mol. The number of hydrogen-bond donors (Lipinski definition) is 1. The quantitative estimate of drug-likeness (QED) is 0.483. The summed E-state index contributed by atoms with van der Waals surface area (Å²) in [5, 5.41) is 0. The number of hydrogen-bond acceptors (Lipinski definition) is 2. The van der Waals surface area contributed by atoms with Crippen molar-refractivity contribution in [2.24, 2.45) is 0 Å². The lowest BCUT2D eigenvalue weighted by Crippen LogP contribution is -1.99. The van der Waals surface area contributed by atoms with Crippen molar-refractivity contribution in [2.75, 3.05) is 21.1 Å². The summed E-state index contributed by atoms with van der Waals surface area (Å²) in [4.78, 5) is 2.00. The Morgan fingerprint density at radius 3 is 1.00 bits per heavy atom. The van der Waals surface area contributed by atoms with Crippen molar-refractivity contribution >= 4 is 0 Å². The van der Waals surface area contributed by atoms with Gasteiger partial charge in [-0.2, -0.15) is 0 Å². The van der Waals surface area contributed by atoms with Crippen LogP contribution in [0.5, 0.6) is 0 Å². The summed E-state index contributed by atoms with van der Waals surface area (Å²) in [7, 11) is 6.00. The van der Waals surface area contributed by atoms with Gasteiger partial charge in [0.15, 0.2) is 0 Å². The zero-order valence-electron chi connectivity index (χ0n) is 4.15. The van der Waals surface area contributed by atoms with E-state index >= 15 is 0 Å². The number of nitrogens with zero attached hydrogens (tertiary/aromatic N) is 1. The Balaban J connectivity index is -0.0000000450. The lowest BCUT2D eigenvalue weighted by molar-refractivity contribution is 0.505. The first-order valence-corrected chi connectivity index (χ1v) is 1.34. The third-order valence-electron chi connectivity index (χ3n) is 0. The molecule has 0 aromatic carbocycles. The normalized spacial score (nSPS) is 6.00. The molecule has 0 heterocycles. The maximum Gasteiger partial charge on any atom is -0.0140 e. The second-order valence-corrected chi connectivity index (χ2v) is 1.34. The fraction of sp³-hybridized carbons (Fsp3) is 1.00. The van der Waals surface area contributed by atoms with E-state index in [9.17, 15) is 0 Å². The maximum absolute atomic E-state index is 2.00. The molecule has 42 valence electrons. The lowest BCUT2D eigenvalue weighted by Gasteiger charge is -1.90. The van der Waals surface area contributed by atoms with Crippen LogP contribution in [0, 0.1) is 0 Å². The van der Waals surface area contributed by atoms with Gasteiger partial charge in [0.1, 0.15) is 0 Å². The van der Waals surface area contributed by atoms with Crippen LogP contribution in [0.4, 0.5) is 0 Å². The van der Waals surface area contributed by atoms with Gasteiger partial charge >= 0.3 is 0 Å². The van der Waals surface area contributed by atoms with Gasteiger partial charge in [-0.15, -0.1) is 0 Å². The van der Waals surface area contributed by atoms with Crippen LogP contribution in [0.25, 0.3) is 0 Å². The van der Waals surface area contributed by atoms with Crippen LogP contribution >= 0.6 is 0 Å². The van der Waals surface area contributed by atoms with Gasteiger partial charge in [0.2, 0.25) is 0 Å². The molecule has 0 aromatic rings. The third kappa shape index (κ3) is 5220. The van der Waals surface area contributed by atoms with Crippen molar-refractivity contribution in [3.05, 3.63) is 0 Å².